The first-order valence-corrected chi connectivity index (χ1v) is 8.85. The Hall–Kier alpha value is -2.56. The summed E-state index contributed by atoms with van der Waals surface area (Å²) in [6.07, 6.45) is 2.09. The van der Waals surface area contributed by atoms with Gasteiger partial charge in [0.15, 0.2) is 0 Å². The molecule has 0 aliphatic heterocycles. The van der Waals surface area contributed by atoms with E-state index in [2.05, 4.69) is 12.2 Å². The van der Waals surface area contributed by atoms with Crippen LogP contribution in [0.5, 0.6) is 0 Å². The van der Waals surface area contributed by atoms with E-state index in [0.29, 0.717) is 19.7 Å². The minimum Gasteiger partial charge on any atom is -0.466 e. The summed E-state index contributed by atoms with van der Waals surface area (Å²) in [5, 5.41) is 5.06. The van der Waals surface area contributed by atoms with Crippen LogP contribution in [0.1, 0.15) is 33.1 Å². The molecule has 0 radical (unpaired) electrons. The molecule has 2 amide bonds. The zero-order valence-electron chi connectivity index (χ0n) is 15.0. The maximum atomic E-state index is 12.7. The van der Waals surface area contributed by atoms with Gasteiger partial charge < -0.3 is 15.0 Å². The van der Waals surface area contributed by atoms with Gasteiger partial charge in [0.25, 0.3) is 0 Å². The Morgan fingerprint density at radius 3 is 2.56 bits per heavy atom. The van der Waals surface area contributed by atoms with Gasteiger partial charge in [-0.15, -0.1) is 0 Å². The summed E-state index contributed by atoms with van der Waals surface area (Å²) < 4.78 is 4.96. The molecule has 134 valence electrons. The van der Waals surface area contributed by atoms with Crippen molar-refractivity contribution >= 4 is 28.5 Å². The molecule has 25 heavy (non-hydrogen) atoms. The smallest absolute Gasteiger partial charge is 0.321 e. The standard InChI is InChI=1S/C20H26N2O3/c1-3-5-14-22(15-13-19(23)25-4-2)20(24)21-18-12-8-10-16-9-6-7-11-17(16)18/h6-12H,3-5,13-15H2,1-2H3,(H,21,24). The number of carbonyl (C=O) groups is 2. The lowest BCUT2D eigenvalue weighted by molar-refractivity contribution is -0.143. The fraction of sp³-hybridized carbons (Fsp3) is 0.400. The predicted molar refractivity (Wildman–Crippen MR) is 101 cm³/mol. The van der Waals surface area contributed by atoms with Gasteiger partial charge >= 0.3 is 12.0 Å². The van der Waals surface area contributed by atoms with E-state index in [1.807, 2.05) is 42.5 Å². The van der Waals surface area contributed by atoms with E-state index in [4.69, 9.17) is 4.74 Å². The summed E-state index contributed by atoms with van der Waals surface area (Å²) in [6.45, 7) is 5.18. The number of unbranched alkanes of at least 4 members (excludes halogenated alkanes) is 1. The second kappa shape index (κ2) is 9.67. The van der Waals surface area contributed by atoms with Crippen LogP contribution in [0.25, 0.3) is 10.8 Å². The number of esters is 1. The normalized spacial score (nSPS) is 10.5. The average molecular weight is 342 g/mol. The van der Waals surface area contributed by atoms with Crippen LogP contribution in [0, 0.1) is 0 Å². The first-order chi connectivity index (χ1) is 12.2. The topological polar surface area (TPSA) is 58.6 Å². The maximum Gasteiger partial charge on any atom is 0.321 e. The molecule has 0 saturated heterocycles. The number of amides is 2. The van der Waals surface area contributed by atoms with E-state index in [9.17, 15) is 9.59 Å². The third-order valence-electron chi connectivity index (χ3n) is 3.99. The summed E-state index contributed by atoms with van der Waals surface area (Å²) in [6, 6.07) is 13.6. The Balaban J connectivity index is 2.08. The van der Waals surface area contributed by atoms with Gasteiger partial charge in [0.05, 0.1) is 18.7 Å². The number of carbonyl (C=O) groups excluding carboxylic acids is 2. The lowest BCUT2D eigenvalue weighted by Crippen LogP contribution is -2.37. The first kappa shape index (κ1) is 18.8. The number of ether oxygens (including phenoxy) is 1. The van der Waals surface area contributed by atoms with Gasteiger partial charge in [0, 0.05) is 18.5 Å². The lowest BCUT2D eigenvalue weighted by Gasteiger charge is -2.23. The Morgan fingerprint density at radius 2 is 1.80 bits per heavy atom. The zero-order valence-corrected chi connectivity index (χ0v) is 15.0. The van der Waals surface area contributed by atoms with Crippen molar-refractivity contribution in [2.45, 2.75) is 33.1 Å². The largest absolute Gasteiger partial charge is 0.466 e. The average Bonchev–Trinajstić information content (AvgIpc) is 2.62. The van der Waals surface area contributed by atoms with Crippen LogP contribution in [0.15, 0.2) is 42.5 Å². The molecule has 0 aliphatic carbocycles. The van der Waals surface area contributed by atoms with Crippen LogP contribution in [-0.2, 0) is 9.53 Å². The highest BCUT2D eigenvalue weighted by molar-refractivity contribution is 6.01. The van der Waals surface area contributed by atoms with Crippen molar-refractivity contribution < 1.29 is 14.3 Å². The molecule has 0 saturated carbocycles. The Labute approximate surface area is 149 Å². The molecule has 2 aromatic carbocycles. The fourth-order valence-corrected chi connectivity index (χ4v) is 2.65. The summed E-state index contributed by atoms with van der Waals surface area (Å²) in [7, 11) is 0. The van der Waals surface area contributed by atoms with Gasteiger partial charge in [0.1, 0.15) is 0 Å². The quantitative estimate of drug-likeness (QED) is 0.722. The Bertz CT molecular complexity index is 710. The second-order valence-electron chi connectivity index (χ2n) is 5.85. The van der Waals surface area contributed by atoms with E-state index < -0.39 is 0 Å². The van der Waals surface area contributed by atoms with Gasteiger partial charge in [-0.1, -0.05) is 49.7 Å². The molecule has 0 unspecified atom stereocenters. The highest BCUT2D eigenvalue weighted by Gasteiger charge is 2.16. The molecule has 0 aliphatic rings. The molecule has 5 heteroatoms. The first-order valence-electron chi connectivity index (χ1n) is 8.85. The maximum absolute atomic E-state index is 12.7. The minimum absolute atomic E-state index is 0.186. The van der Waals surface area contributed by atoms with Crippen LogP contribution < -0.4 is 5.32 Å². The molecule has 2 rings (SSSR count). The van der Waals surface area contributed by atoms with Crippen molar-refractivity contribution in [1.82, 2.24) is 4.90 Å². The van der Waals surface area contributed by atoms with Crippen molar-refractivity contribution in [3.63, 3.8) is 0 Å². The van der Waals surface area contributed by atoms with Crippen molar-refractivity contribution in [3.05, 3.63) is 42.5 Å². The SMILES string of the molecule is CCCCN(CCC(=O)OCC)C(=O)Nc1cccc2ccccc12. The van der Waals surface area contributed by atoms with E-state index >= 15 is 0 Å². The summed E-state index contributed by atoms with van der Waals surface area (Å²) in [5.41, 5.74) is 0.778. The van der Waals surface area contributed by atoms with Crippen LogP contribution in [0.4, 0.5) is 10.5 Å². The van der Waals surface area contributed by atoms with Crippen LogP contribution in [-0.4, -0.2) is 36.6 Å². The molecule has 1 N–H and O–H groups in total. The summed E-state index contributed by atoms with van der Waals surface area (Å²) in [4.78, 5) is 26.0. The Kier molecular flexibility index (Phi) is 7.26. The molecule has 0 fully saturated rings. The highest BCUT2D eigenvalue weighted by atomic mass is 16.5. The van der Waals surface area contributed by atoms with Crippen LogP contribution in [0.3, 0.4) is 0 Å². The number of nitrogens with one attached hydrogen (secondary N) is 1. The number of urea groups is 1. The molecular weight excluding hydrogens is 316 g/mol. The summed E-state index contributed by atoms with van der Waals surface area (Å²) >= 11 is 0. The van der Waals surface area contributed by atoms with E-state index in [0.717, 1.165) is 29.3 Å². The highest BCUT2D eigenvalue weighted by Crippen LogP contribution is 2.23. The number of benzene rings is 2. The van der Waals surface area contributed by atoms with Crippen molar-refractivity contribution in [1.29, 1.82) is 0 Å². The van der Waals surface area contributed by atoms with Gasteiger partial charge in [-0.05, 0) is 24.8 Å². The number of hydrogen-bond donors (Lipinski definition) is 1. The molecule has 0 aromatic heterocycles. The third-order valence-corrected chi connectivity index (χ3v) is 3.99. The molecule has 0 spiro atoms. The monoisotopic (exact) mass is 342 g/mol. The molecular formula is C20H26N2O3. The third kappa shape index (κ3) is 5.48. The van der Waals surface area contributed by atoms with Crippen molar-refractivity contribution in [2.75, 3.05) is 25.0 Å². The molecule has 0 atom stereocenters. The van der Waals surface area contributed by atoms with Gasteiger partial charge in [0.2, 0.25) is 0 Å². The van der Waals surface area contributed by atoms with Crippen LogP contribution in [0.2, 0.25) is 0 Å². The molecule has 2 aromatic rings. The minimum atomic E-state index is -0.276. The fourth-order valence-electron chi connectivity index (χ4n) is 2.65. The lowest BCUT2D eigenvalue weighted by atomic mass is 10.1. The van der Waals surface area contributed by atoms with E-state index in [1.54, 1.807) is 11.8 Å². The van der Waals surface area contributed by atoms with Gasteiger partial charge in [-0.3, -0.25) is 4.79 Å². The van der Waals surface area contributed by atoms with Crippen molar-refractivity contribution in [3.8, 4) is 0 Å². The number of hydrogen-bond acceptors (Lipinski definition) is 3. The van der Waals surface area contributed by atoms with E-state index in [-0.39, 0.29) is 18.4 Å². The summed E-state index contributed by atoms with van der Waals surface area (Å²) in [5.74, 6) is -0.276. The number of rotatable bonds is 8. The molecule has 5 nitrogen and oxygen atoms in total. The predicted octanol–water partition coefficient (Wildman–Crippen LogP) is 4.43. The van der Waals surface area contributed by atoms with Crippen LogP contribution >= 0.6 is 0 Å². The Morgan fingerprint density at radius 1 is 1.04 bits per heavy atom. The van der Waals surface area contributed by atoms with Gasteiger partial charge in [-0.2, -0.15) is 0 Å². The number of nitrogens with zero attached hydrogens (tertiary/aromatic N) is 1. The number of fused-ring (bicyclic) bond motifs is 1. The molecule has 0 heterocycles. The zero-order chi connectivity index (χ0) is 18.1. The van der Waals surface area contributed by atoms with E-state index in [1.165, 1.54) is 0 Å². The number of anilines is 1. The van der Waals surface area contributed by atoms with Gasteiger partial charge in [-0.25, -0.2) is 4.79 Å². The second-order valence-corrected chi connectivity index (χ2v) is 5.85. The van der Waals surface area contributed by atoms with Crippen molar-refractivity contribution in [2.24, 2.45) is 0 Å². The molecule has 0 bridgehead atoms.